The minimum atomic E-state index is -0.768. The Hall–Kier alpha value is -2.11. The van der Waals surface area contributed by atoms with Crippen molar-refractivity contribution in [2.24, 2.45) is 0 Å². The SMILES string of the molecule is CCNC(=O)[C@@H](C)Oc1ccccc1[N+](=O)[O-]. The zero-order valence-electron chi connectivity index (χ0n) is 9.67. The van der Waals surface area contributed by atoms with E-state index in [0.29, 0.717) is 6.54 Å². The molecule has 0 bridgehead atoms. The molecule has 0 spiro atoms. The molecule has 92 valence electrons. The molecule has 0 unspecified atom stereocenters. The van der Waals surface area contributed by atoms with Gasteiger partial charge in [-0.2, -0.15) is 0 Å². The fraction of sp³-hybridized carbons (Fsp3) is 0.364. The van der Waals surface area contributed by atoms with Gasteiger partial charge in [0, 0.05) is 12.6 Å². The minimum absolute atomic E-state index is 0.0938. The van der Waals surface area contributed by atoms with Gasteiger partial charge in [0.15, 0.2) is 11.9 Å². The highest BCUT2D eigenvalue weighted by Gasteiger charge is 2.19. The van der Waals surface area contributed by atoms with Gasteiger partial charge in [0.25, 0.3) is 5.91 Å². The number of ether oxygens (including phenoxy) is 1. The fourth-order valence-corrected chi connectivity index (χ4v) is 1.27. The molecule has 0 aliphatic heterocycles. The molecule has 6 heteroatoms. The van der Waals surface area contributed by atoms with Crippen molar-refractivity contribution in [3.05, 3.63) is 34.4 Å². The van der Waals surface area contributed by atoms with Crippen molar-refractivity contribution >= 4 is 11.6 Å². The van der Waals surface area contributed by atoms with Gasteiger partial charge in [-0.3, -0.25) is 14.9 Å². The van der Waals surface area contributed by atoms with Crippen LogP contribution in [0.1, 0.15) is 13.8 Å². The molecule has 0 heterocycles. The van der Waals surface area contributed by atoms with Crippen molar-refractivity contribution in [3.63, 3.8) is 0 Å². The summed E-state index contributed by atoms with van der Waals surface area (Å²) in [7, 11) is 0. The lowest BCUT2D eigenvalue weighted by Crippen LogP contribution is -2.36. The van der Waals surface area contributed by atoms with Crippen LogP contribution in [0.15, 0.2) is 24.3 Å². The molecular weight excluding hydrogens is 224 g/mol. The smallest absolute Gasteiger partial charge is 0.310 e. The Morgan fingerprint density at radius 3 is 2.76 bits per heavy atom. The molecule has 0 saturated carbocycles. The highest BCUT2D eigenvalue weighted by atomic mass is 16.6. The first-order valence-corrected chi connectivity index (χ1v) is 5.24. The number of para-hydroxylation sites is 2. The number of hydrogen-bond acceptors (Lipinski definition) is 4. The highest BCUT2D eigenvalue weighted by Crippen LogP contribution is 2.26. The summed E-state index contributed by atoms with van der Waals surface area (Å²) in [5, 5.41) is 13.3. The molecule has 1 aromatic carbocycles. The van der Waals surface area contributed by atoms with Gasteiger partial charge in [-0.15, -0.1) is 0 Å². The Morgan fingerprint density at radius 2 is 2.18 bits per heavy atom. The predicted octanol–water partition coefficient (Wildman–Crippen LogP) is 1.50. The van der Waals surface area contributed by atoms with Crippen LogP contribution in [0.4, 0.5) is 5.69 Å². The average molecular weight is 238 g/mol. The topological polar surface area (TPSA) is 81.5 Å². The Kier molecular flexibility index (Phi) is 4.45. The molecular formula is C11H14N2O4. The number of nitro benzene ring substituents is 1. The first-order valence-electron chi connectivity index (χ1n) is 5.24. The molecule has 1 rings (SSSR count). The molecule has 0 saturated heterocycles. The Balaban J connectivity index is 2.81. The van der Waals surface area contributed by atoms with E-state index in [1.54, 1.807) is 26.0 Å². The molecule has 1 aromatic rings. The van der Waals surface area contributed by atoms with E-state index in [4.69, 9.17) is 4.74 Å². The Morgan fingerprint density at radius 1 is 1.53 bits per heavy atom. The lowest BCUT2D eigenvalue weighted by Gasteiger charge is -2.13. The number of amides is 1. The van der Waals surface area contributed by atoms with E-state index in [0.717, 1.165) is 0 Å². The number of hydrogen-bond donors (Lipinski definition) is 1. The number of nitrogens with zero attached hydrogens (tertiary/aromatic N) is 1. The number of carbonyl (C=O) groups is 1. The van der Waals surface area contributed by atoms with Crippen LogP contribution >= 0.6 is 0 Å². The van der Waals surface area contributed by atoms with Crippen molar-refractivity contribution in [1.29, 1.82) is 0 Å². The van der Waals surface area contributed by atoms with Crippen LogP contribution in [0.5, 0.6) is 5.75 Å². The maximum atomic E-state index is 11.4. The van der Waals surface area contributed by atoms with Gasteiger partial charge in [0.2, 0.25) is 0 Å². The first kappa shape index (κ1) is 13.0. The quantitative estimate of drug-likeness (QED) is 0.622. The van der Waals surface area contributed by atoms with Crippen LogP contribution in [0.2, 0.25) is 0 Å². The summed E-state index contributed by atoms with van der Waals surface area (Å²) in [6, 6.07) is 5.96. The van der Waals surface area contributed by atoms with Gasteiger partial charge in [0.05, 0.1) is 4.92 Å². The minimum Gasteiger partial charge on any atom is -0.474 e. The zero-order valence-corrected chi connectivity index (χ0v) is 9.67. The monoisotopic (exact) mass is 238 g/mol. The molecule has 0 aromatic heterocycles. The van der Waals surface area contributed by atoms with Gasteiger partial charge >= 0.3 is 5.69 Å². The lowest BCUT2D eigenvalue weighted by molar-refractivity contribution is -0.386. The largest absolute Gasteiger partial charge is 0.474 e. The number of nitrogens with one attached hydrogen (secondary N) is 1. The Bertz CT molecular complexity index is 420. The third-order valence-electron chi connectivity index (χ3n) is 2.09. The normalized spacial score (nSPS) is 11.6. The lowest BCUT2D eigenvalue weighted by atomic mass is 10.3. The number of nitro groups is 1. The number of rotatable bonds is 5. The standard InChI is InChI=1S/C11H14N2O4/c1-3-12-11(14)8(2)17-10-7-5-4-6-9(10)13(15)16/h4-8H,3H2,1-2H3,(H,12,14)/t8-/m1/s1. The van der Waals surface area contributed by atoms with Gasteiger partial charge in [-0.25, -0.2) is 0 Å². The molecule has 17 heavy (non-hydrogen) atoms. The van der Waals surface area contributed by atoms with Crippen LogP contribution in [0, 0.1) is 10.1 Å². The van der Waals surface area contributed by atoms with Gasteiger partial charge < -0.3 is 10.1 Å². The molecule has 1 atom stereocenters. The van der Waals surface area contributed by atoms with Crippen LogP contribution in [0.3, 0.4) is 0 Å². The summed E-state index contributed by atoms with van der Waals surface area (Å²) < 4.78 is 5.27. The second kappa shape index (κ2) is 5.83. The molecule has 1 amide bonds. The van der Waals surface area contributed by atoms with Crippen LogP contribution in [-0.2, 0) is 4.79 Å². The first-order chi connectivity index (χ1) is 8.06. The third-order valence-corrected chi connectivity index (χ3v) is 2.09. The van der Waals surface area contributed by atoms with Crippen LogP contribution < -0.4 is 10.1 Å². The molecule has 1 N–H and O–H groups in total. The second-order valence-corrected chi connectivity index (χ2v) is 3.38. The van der Waals surface area contributed by atoms with Crippen molar-refractivity contribution in [3.8, 4) is 5.75 Å². The Labute approximate surface area is 98.7 Å². The predicted molar refractivity (Wildman–Crippen MR) is 61.9 cm³/mol. The summed E-state index contributed by atoms with van der Waals surface area (Å²) in [6.45, 7) is 3.82. The van der Waals surface area contributed by atoms with E-state index in [-0.39, 0.29) is 17.3 Å². The molecule has 6 nitrogen and oxygen atoms in total. The molecule has 0 fully saturated rings. The van der Waals surface area contributed by atoms with E-state index >= 15 is 0 Å². The van der Waals surface area contributed by atoms with E-state index < -0.39 is 11.0 Å². The van der Waals surface area contributed by atoms with Crippen molar-refractivity contribution in [2.45, 2.75) is 20.0 Å². The second-order valence-electron chi connectivity index (χ2n) is 3.38. The van der Waals surface area contributed by atoms with Crippen molar-refractivity contribution in [1.82, 2.24) is 5.32 Å². The summed E-state index contributed by atoms with van der Waals surface area (Å²) in [5.41, 5.74) is -0.149. The summed E-state index contributed by atoms with van der Waals surface area (Å²) in [6.07, 6.45) is -0.768. The van der Waals surface area contributed by atoms with E-state index in [2.05, 4.69) is 5.32 Å². The maximum absolute atomic E-state index is 11.4. The van der Waals surface area contributed by atoms with Crippen molar-refractivity contribution < 1.29 is 14.5 Å². The number of benzene rings is 1. The van der Waals surface area contributed by atoms with E-state index in [1.165, 1.54) is 12.1 Å². The number of likely N-dealkylation sites (N-methyl/N-ethyl adjacent to an activating group) is 1. The fourth-order valence-electron chi connectivity index (χ4n) is 1.27. The number of carbonyl (C=O) groups excluding carboxylic acids is 1. The third kappa shape index (κ3) is 3.44. The van der Waals surface area contributed by atoms with Gasteiger partial charge in [0.1, 0.15) is 0 Å². The summed E-state index contributed by atoms with van der Waals surface area (Å²) in [5.74, 6) is -0.207. The zero-order chi connectivity index (χ0) is 12.8. The van der Waals surface area contributed by atoms with Crippen LogP contribution in [0.25, 0.3) is 0 Å². The maximum Gasteiger partial charge on any atom is 0.310 e. The highest BCUT2D eigenvalue weighted by molar-refractivity contribution is 5.80. The van der Waals surface area contributed by atoms with Crippen molar-refractivity contribution in [2.75, 3.05) is 6.54 Å². The molecule has 0 radical (unpaired) electrons. The summed E-state index contributed by atoms with van der Waals surface area (Å²) in [4.78, 5) is 21.6. The van der Waals surface area contributed by atoms with E-state index in [1.807, 2.05) is 0 Å². The molecule has 0 aliphatic rings. The van der Waals surface area contributed by atoms with Gasteiger partial charge in [-0.1, -0.05) is 12.1 Å². The molecule has 0 aliphatic carbocycles. The van der Waals surface area contributed by atoms with Crippen LogP contribution in [-0.4, -0.2) is 23.5 Å². The summed E-state index contributed by atoms with van der Waals surface area (Å²) >= 11 is 0. The average Bonchev–Trinajstić information content (AvgIpc) is 2.29. The van der Waals surface area contributed by atoms with E-state index in [9.17, 15) is 14.9 Å². The van der Waals surface area contributed by atoms with Gasteiger partial charge in [-0.05, 0) is 19.9 Å².